The van der Waals surface area contributed by atoms with Gasteiger partial charge in [0.25, 0.3) is 0 Å². The molecule has 4 aromatic rings. The fraction of sp³-hybridized carbons (Fsp3) is 0.105. The van der Waals surface area contributed by atoms with Crippen LogP contribution in [0.1, 0.15) is 11.4 Å². The van der Waals surface area contributed by atoms with Crippen molar-refractivity contribution in [1.29, 1.82) is 0 Å². The summed E-state index contributed by atoms with van der Waals surface area (Å²) in [6.45, 7) is 3.84. The van der Waals surface area contributed by atoms with Crippen LogP contribution in [-0.4, -0.2) is 19.7 Å². The van der Waals surface area contributed by atoms with Gasteiger partial charge >= 0.3 is 0 Å². The van der Waals surface area contributed by atoms with Gasteiger partial charge in [-0.15, -0.1) is 0 Å². The van der Waals surface area contributed by atoms with Gasteiger partial charge in [0.1, 0.15) is 5.82 Å². The van der Waals surface area contributed by atoms with E-state index in [0.29, 0.717) is 38.4 Å². The Morgan fingerprint density at radius 2 is 1.56 bits per heavy atom. The molecule has 136 valence electrons. The van der Waals surface area contributed by atoms with E-state index >= 15 is 0 Å². The smallest absolute Gasteiger partial charge is 0.197 e. The van der Waals surface area contributed by atoms with Gasteiger partial charge in [-0.25, -0.2) is 19.0 Å². The minimum Gasteiger partial charge on any atom is -0.337 e. The van der Waals surface area contributed by atoms with Crippen molar-refractivity contribution < 1.29 is 4.39 Å². The minimum absolute atomic E-state index is 0.315. The van der Waals surface area contributed by atoms with Crippen LogP contribution in [0.25, 0.3) is 16.9 Å². The summed E-state index contributed by atoms with van der Waals surface area (Å²) >= 11 is 12.3. The van der Waals surface area contributed by atoms with Crippen molar-refractivity contribution in [3.63, 3.8) is 0 Å². The van der Waals surface area contributed by atoms with Crippen molar-refractivity contribution in [2.75, 3.05) is 5.32 Å². The van der Waals surface area contributed by atoms with E-state index in [-0.39, 0.29) is 5.82 Å². The molecule has 0 atom stereocenters. The molecule has 2 heterocycles. The first-order chi connectivity index (χ1) is 12.9. The fourth-order valence-electron chi connectivity index (χ4n) is 2.79. The molecule has 0 aliphatic heterocycles. The maximum absolute atomic E-state index is 13.2. The molecule has 2 aromatic carbocycles. The first-order valence-electron chi connectivity index (χ1n) is 8.14. The van der Waals surface area contributed by atoms with Crippen LogP contribution < -0.4 is 5.32 Å². The molecule has 5 nitrogen and oxygen atoms in total. The molecule has 0 radical (unpaired) electrons. The van der Waals surface area contributed by atoms with E-state index in [9.17, 15) is 4.39 Å². The summed E-state index contributed by atoms with van der Waals surface area (Å²) in [6, 6.07) is 11.3. The second-order valence-electron chi connectivity index (χ2n) is 6.12. The Morgan fingerprint density at radius 3 is 2.15 bits per heavy atom. The highest BCUT2D eigenvalue weighted by Gasteiger charge is 2.16. The number of hydrogen-bond acceptors (Lipinski definition) is 4. The van der Waals surface area contributed by atoms with Crippen LogP contribution in [0.15, 0.2) is 42.5 Å². The van der Waals surface area contributed by atoms with E-state index in [0.717, 1.165) is 11.4 Å². The van der Waals surface area contributed by atoms with Crippen molar-refractivity contribution in [1.82, 2.24) is 19.7 Å². The average Bonchev–Trinajstić information content (AvgIpc) is 2.96. The normalized spacial score (nSPS) is 11.1. The maximum atomic E-state index is 13.2. The molecule has 0 aliphatic carbocycles. The lowest BCUT2D eigenvalue weighted by Crippen LogP contribution is -2.08. The first-order valence-corrected chi connectivity index (χ1v) is 8.89. The van der Waals surface area contributed by atoms with E-state index in [2.05, 4.69) is 15.4 Å². The third-order valence-corrected chi connectivity index (χ3v) is 4.73. The molecular formula is C19H14Cl2FN5. The summed E-state index contributed by atoms with van der Waals surface area (Å²) in [7, 11) is 0. The van der Waals surface area contributed by atoms with Crippen molar-refractivity contribution >= 4 is 45.7 Å². The summed E-state index contributed by atoms with van der Waals surface area (Å²) in [5.74, 6) is 0.667. The van der Waals surface area contributed by atoms with E-state index in [1.807, 2.05) is 19.9 Å². The number of hydrogen-bond donors (Lipinski definition) is 1. The Bertz CT molecular complexity index is 1160. The molecule has 4 rings (SSSR count). The summed E-state index contributed by atoms with van der Waals surface area (Å²) < 4.78 is 14.9. The lowest BCUT2D eigenvalue weighted by molar-refractivity contribution is 0.628. The van der Waals surface area contributed by atoms with Gasteiger partial charge in [0.15, 0.2) is 11.6 Å². The monoisotopic (exact) mass is 401 g/mol. The Balaban J connectivity index is 1.93. The highest BCUT2D eigenvalue weighted by Crippen LogP contribution is 2.30. The molecule has 0 bridgehead atoms. The number of fused-ring (bicyclic) bond motifs is 1. The largest absolute Gasteiger partial charge is 0.337 e. The summed E-state index contributed by atoms with van der Waals surface area (Å²) in [5, 5.41) is 8.48. The molecule has 2 aromatic heterocycles. The lowest BCUT2D eigenvalue weighted by atomic mass is 10.3. The van der Waals surface area contributed by atoms with Crippen molar-refractivity contribution in [2.45, 2.75) is 13.8 Å². The van der Waals surface area contributed by atoms with Gasteiger partial charge in [0.2, 0.25) is 0 Å². The molecule has 1 N–H and O–H groups in total. The van der Waals surface area contributed by atoms with Crippen LogP contribution in [0, 0.1) is 19.7 Å². The van der Waals surface area contributed by atoms with Crippen molar-refractivity contribution in [3.05, 3.63) is 69.7 Å². The standard InChI is InChI=1S/C19H14Cl2FN5/c1-10-7-11(2)27(26-10)19-18(23-13-5-3-12(22)4-6-13)24-16-8-14(20)15(21)9-17(16)25-19/h3-9H,1-2H3,(H,23,24). The lowest BCUT2D eigenvalue weighted by Gasteiger charge is -2.13. The first kappa shape index (κ1) is 17.7. The highest BCUT2D eigenvalue weighted by molar-refractivity contribution is 6.42. The fourth-order valence-corrected chi connectivity index (χ4v) is 3.10. The Labute approximate surface area is 164 Å². The minimum atomic E-state index is -0.315. The number of aromatic nitrogens is 4. The number of aryl methyl sites for hydroxylation is 2. The van der Waals surface area contributed by atoms with Gasteiger partial charge in [0.05, 0.1) is 26.8 Å². The van der Waals surface area contributed by atoms with Crippen LogP contribution in [0.3, 0.4) is 0 Å². The molecule has 0 unspecified atom stereocenters. The third-order valence-electron chi connectivity index (χ3n) is 4.01. The van der Waals surface area contributed by atoms with Crippen LogP contribution in [0.5, 0.6) is 0 Å². The van der Waals surface area contributed by atoms with E-state index in [1.54, 1.807) is 28.9 Å². The molecule has 0 saturated carbocycles. The zero-order chi connectivity index (χ0) is 19.1. The van der Waals surface area contributed by atoms with Crippen LogP contribution >= 0.6 is 23.2 Å². The topological polar surface area (TPSA) is 55.6 Å². The summed E-state index contributed by atoms with van der Waals surface area (Å²) in [5.41, 5.74) is 3.61. The predicted octanol–water partition coefficient (Wildman–Crippen LogP) is 5.62. The van der Waals surface area contributed by atoms with Crippen LogP contribution in [-0.2, 0) is 0 Å². The van der Waals surface area contributed by atoms with Crippen molar-refractivity contribution in [3.8, 4) is 5.82 Å². The summed E-state index contributed by atoms with van der Waals surface area (Å²) in [6.07, 6.45) is 0. The number of benzene rings is 2. The zero-order valence-electron chi connectivity index (χ0n) is 14.5. The van der Waals surface area contributed by atoms with Crippen LogP contribution in [0.2, 0.25) is 10.0 Å². The van der Waals surface area contributed by atoms with E-state index < -0.39 is 0 Å². The van der Waals surface area contributed by atoms with Crippen molar-refractivity contribution in [2.24, 2.45) is 0 Å². The summed E-state index contributed by atoms with van der Waals surface area (Å²) in [4.78, 5) is 9.34. The molecule has 0 amide bonds. The molecule has 0 aliphatic rings. The Morgan fingerprint density at radius 1 is 0.926 bits per heavy atom. The predicted molar refractivity (Wildman–Crippen MR) is 106 cm³/mol. The van der Waals surface area contributed by atoms with Gasteiger partial charge < -0.3 is 5.32 Å². The van der Waals surface area contributed by atoms with Gasteiger partial charge in [-0.2, -0.15) is 5.10 Å². The van der Waals surface area contributed by atoms with E-state index in [4.69, 9.17) is 28.2 Å². The number of rotatable bonds is 3. The van der Waals surface area contributed by atoms with Gasteiger partial charge in [-0.05, 0) is 56.3 Å². The molecule has 0 saturated heterocycles. The highest BCUT2D eigenvalue weighted by atomic mass is 35.5. The number of anilines is 2. The Kier molecular flexibility index (Phi) is 4.45. The number of nitrogens with zero attached hydrogens (tertiary/aromatic N) is 4. The molecule has 8 heteroatoms. The average molecular weight is 402 g/mol. The zero-order valence-corrected chi connectivity index (χ0v) is 16.0. The molecular weight excluding hydrogens is 388 g/mol. The number of nitrogens with one attached hydrogen (secondary N) is 1. The van der Waals surface area contributed by atoms with Gasteiger partial charge in [0, 0.05) is 11.4 Å². The SMILES string of the molecule is Cc1cc(C)n(-c2nc3cc(Cl)c(Cl)cc3nc2Nc2ccc(F)cc2)n1. The quantitative estimate of drug-likeness (QED) is 0.483. The maximum Gasteiger partial charge on any atom is 0.197 e. The number of halogens is 3. The second-order valence-corrected chi connectivity index (χ2v) is 6.94. The van der Waals surface area contributed by atoms with Gasteiger partial charge in [-0.3, -0.25) is 0 Å². The molecule has 0 spiro atoms. The van der Waals surface area contributed by atoms with Gasteiger partial charge in [-0.1, -0.05) is 23.2 Å². The molecule has 0 fully saturated rings. The van der Waals surface area contributed by atoms with E-state index in [1.165, 1.54) is 12.1 Å². The third kappa shape index (κ3) is 3.46. The Hall–Kier alpha value is -2.70. The van der Waals surface area contributed by atoms with Crippen LogP contribution in [0.4, 0.5) is 15.9 Å². The molecule has 27 heavy (non-hydrogen) atoms. The second kappa shape index (κ2) is 6.79.